The molecule has 0 spiro atoms. The standard InChI is InChI=1S/C16H15Cl2N5O2/c17-12-2-1-10(5-13(12)18)21-16-11(15(20)24)7-23(22-16)14-8-25-4-3-9(14)6-19/h1-2,5,7,9,14H,3-4,8H2,(H2,20,24)(H,21,22)/t9?,14-/m1/s1. The largest absolute Gasteiger partial charge is 0.379 e. The van der Waals surface area contributed by atoms with Gasteiger partial charge >= 0.3 is 0 Å². The minimum absolute atomic E-state index is 0.216. The van der Waals surface area contributed by atoms with Crippen LogP contribution in [0.4, 0.5) is 11.5 Å². The molecule has 3 rings (SSSR count). The van der Waals surface area contributed by atoms with Crippen molar-refractivity contribution in [3.05, 3.63) is 40.0 Å². The molecule has 1 aromatic carbocycles. The van der Waals surface area contributed by atoms with Crippen LogP contribution in [0, 0.1) is 17.2 Å². The highest BCUT2D eigenvalue weighted by Gasteiger charge is 2.29. The number of carbonyl (C=O) groups excluding carboxylic acids is 1. The Morgan fingerprint density at radius 3 is 2.92 bits per heavy atom. The van der Waals surface area contributed by atoms with Crippen molar-refractivity contribution in [3.63, 3.8) is 0 Å². The zero-order valence-corrected chi connectivity index (χ0v) is 14.6. The van der Waals surface area contributed by atoms with E-state index in [0.29, 0.717) is 35.4 Å². The Morgan fingerprint density at radius 1 is 1.44 bits per heavy atom. The van der Waals surface area contributed by atoms with Crippen LogP contribution in [0.2, 0.25) is 10.0 Å². The van der Waals surface area contributed by atoms with Crippen molar-refractivity contribution in [2.45, 2.75) is 12.5 Å². The van der Waals surface area contributed by atoms with Crippen molar-refractivity contribution in [2.75, 3.05) is 18.5 Å². The van der Waals surface area contributed by atoms with Crippen molar-refractivity contribution in [3.8, 4) is 6.07 Å². The van der Waals surface area contributed by atoms with Crippen LogP contribution in [-0.2, 0) is 4.74 Å². The van der Waals surface area contributed by atoms with Crippen molar-refractivity contribution in [1.29, 1.82) is 5.26 Å². The number of hydrogen-bond donors (Lipinski definition) is 2. The first kappa shape index (κ1) is 17.5. The van der Waals surface area contributed by atoms with Gasteiger partial charge < -0.3 is 15.8 Å². The number of ether oxygens (including phenoxy) is 1. The molecule has 2 heterocycles. The number of benzene rings is 1. The average molecular weight is 380 g/mol. The summed E-state index contributed by atoms with van der Waals surface area (Å²) < 4.78 is 7.01. The molecule has 2 atom stereocenters. The van der Waals surface area contributed by atoms with E-state index in [-0.39, 0.29) is 23.3 Å². The molecule has 0 saturated carbocycles. The Balaban J connectivity index is 1.93. The van der Waals surface area contributed by atoms with Crippen LogP contribution in [0.5, 0.6) is 0 Å². The Morgan fingerprint density at radius 2 is 2.24 bits per heavy atom. The number of nitrogens with one attached hydrogen (secondary N) is 1. The number of rotatable bonds is 4. The van der Waals surface area contributed by atoms with E-state index in [1.54, 1.807) is 22.9 Å². The zero-order chi connectivity index (χ0) is 18.0. The molecule has 3 N–H and O–H groups in total. The first-order valence-corrected chi connectivity index (χ1v) is 8.33. The number of primary amides is 1. The number of anilines is 2. The molecule has 7 nitrogen and oxygen atoms in total. The number of halogens is 2. The molecule has 130 valence electrons. The first-order chi connectivity index (χ1) is 12.0. The molecule has 2 aromatic rings. The molecule has 1 amide bonds. The predicted octanol–water partition coefficient (Wildman–Crippen LogP) is 3.13. The molecule has 1 fully saturated rings. The lowest BCUT2D eigenvalue weighted by molar-refractivity contribution is 0.0342. The molecule has 1 unspecified atom stereocenters. The summed E-state index contributed by atoms with van der Waals surface area (Å²) in [6, 6.07) is 6.95. The van der Waals surface area contributed by atoms with Crippen LogP contribution in [0.1, 0.15) is 22.8 Å². The van der Waals surface area contributed by atoms with Gasteiger partial charge in [0, 0.05) is 18.5 Å². The van der Waals surface area contributed by atoms with E-state index < -0.39 is 5.91 Å². The fraction of sp³-hybridized carbons (Fsp3) is 0.312. The third-order valence-electron chi connectivity index (χ3n) is 4.01. The monoisotopic (exact) mass is 379 g/mol. The maximum absolute atomic E-state index is 11.8. The molecule has 1 aromatic heterocycles. The van der Waals surface area contributed by atoms with Crippen LogP contribution in [0.3, 0.4) is 0 Å². The number of hydrogen-bond acceptors (Lipinski definition) is 5. The smallest absolute Gasteiger partial charge is 0.254 e. The highest BCUT2D eigenvalue weighted by molar-refractivity contribution is 6.42. The van der Waals surface area contributed by atoms with Crippen LogP contribution in [-0.4, -0.2) is 28.9 Å². The SMILES string of the molecule is N#CC1CCOC[C@H]1n1cc(C(N)=O)c(Nc2ccc(Cl)c(Cl)c2)n1. The van der Waals surface area contributed by atoms with Gasteiger partial charge in [-0.3, -0.25) is 9.48 Å². The van der Waals surface area contributed by atoms with Crippen molar-refractivity contribution in [2.24, 2.45) is 11.7 Å². The van der Waals surface area contributed by atoms with Crippen LogP contribution in [0.15, 0.2) is 24.4 Å². The predicted molar refractivity (Wildman–Crippen MR) is 94.1 cm³/mol. The van der Waals surface area contributed by atoms with Crippen molar-refractivity contribution < 1.29 is 9.53 Å². The summed E-state index contributed by atoms with van der Waals surface area (Å²) >= 11 is 11.9. The van der Waals surface area contributed by atoms with Crippen LogP contribution in [0.25, 0.3) is 0 Å². The summed E-state index contributed by atoms with van der Waals surface area (Å²) in [5.41, 5.74) is 6.28. The molecule has 9 heteroatoms. The van der Waals surface area contributed by atoms with Gasteiger partial charge in [-0.15, -0.1) is 0 Å². The van der Waals surface area contributed by atoms with Crippen molar-refractivity contribution in [1.82, 2.24) is 9.78 Å². The molecule has 1 aliphatic rings. The molecule has 0 radical (unpaired) electrons. The van der Waals surface area contributed by atoms with Crippen LogP contribution < -0.4 is 11.1 Å². The highest BCUT2D eigenvalue weighted by atomic mass is 35.5. The quantitative estimate of drug-likeness (QED) is 0.848. The third kappa shape index (κ3) is 3.71. The second-order valence-electron chi connectivity index (χ2n) is 5.66. The molecule has 25 heavy (non-hydrogen) atoms. The molecule has 0 bridgehead atoms. The minimum Gasteiger partial charge on any atom is -0.379 e. The maximum Gasteiger partial charge on any atom is 0.254 e. The molecule has 1 aliphatic heterocycles. The van der Waals surface area contributed by atoms with E-state index in [2.05, 4.69) is 16.5 Å². The van der Waals surface area contributed by atoms with E-state index in [0.717, 1.165) is 0 Å². The van der Waals surface area contributed by atoms with Gasteiger partial charge in [0.25, 0.3) is 5.91 Å². The summed E-state index contributed by atoms with van der Waals surface area (Å²) in [4.78, 5) is 11.8. The molecule has 0 aliphatic carbocycles. The summed E-state index contributed by atoms with van der Waals surface area (Å²) in [6.07, 6.45) is 2.15. The van der Waals surface area contributed by atoms with Gasteiger partial charge in [0.15, 0.2) is 5.82 Å². The summed E-state index contributed by atoms with van der Waals surface area (Å²) in [6.45, 7) is 0.886. The highest BCUT2D eigenvalue weighted by Crippen LogP contribution is 2.30. The first-order valence-electron chi connectivity index (χ1n) is 7.58. The van der Waals surface area contributed by atoms with Gasteiger partial charge in [-0.1, -0.05) is 23.2 Å². The van der Waals surface area contributed by atoms with Crippen molar-refractivity contribution >= 4 is 40.6 Å². The average Bonchev–Trinajstić information content (AvgIpc) is 3.02. The molecule has 1 saturated heterocycles. The Bertz CT molecular complexity index is 846. The molecular weight excluding hydrogens is 365 g/mol. The number of carbonyl (C=O) groups is 1. The number of nitrogens with zero attached hydrogens (tertiary/aromatic N) is 3. The van der Waals surface area contributed by atoms with E-state index in [4.69, 9.17) is 33.7 Å². The summed E-state index contributed by atoms with van der Waals surface area (Å²) in [5, 5.41) is 17.5. The maximum atomic E-state index is 11.8. The van der Waals surface area contributed by atoms with E-state index in [1.165, 1.54) is 6.20 Å². The lowest BCUT2D eigenvalue weighted by atomic mass is 9.97. The number of nitrogens with two attached hydrogens (primary N) is 1. The number of nitriles is 1. The number of aromatic nitrogens is 2. The van der Waals surface area contributed by atoms with Gasteiger partial charge in [0.2, 0.25) is 0 Å². The Labute approximate surface area is 154 Å². The third-order valence-corrected chi connectivity index (χ3v) is 4.75. The van der Waals surface area contributed by atoms with E-state index in [9.17, 15) is 10.1 Å². The minimum atomic E-state index is -0.626. The van der Waals surface area contributed by atoms with Gasteiger partial charge in [-0.25, -0.2) is 0 Å². The fourth-order valence-corrected chi connectivity index (χ4v) is 2.98. The lowest BCUT2D eigenvalue weighted by Gasteiger charge is -2.26. The van der Waals surface area contributed by atoms with Crippen LogP contribution >= 0.6 is 23.2 Å². The Hall–Kier alpha value is -2.27. The topological polar surface area (TPSA) is 106 Å². The lowest BCUT2D eigenvalue weighted by Crippen LogP contribution is -2.29. The van der Waals surface area contributed by atoms with Gasteiger partial charge in [0.05, 0.1) is 34.7 Å². The normalized spacial score (nSPS) is 20.0. The van der Waals surface area contributed by atoms with Gasteiger partial charge in [-0.05, 0) is 24.6 Å². The van der Waals surface area contributed by atoms with Gasteiger partial charge in [0.1, 0.15) is 5.56 Å². The second-order valence-corrected chi connectivity index (χ2v) is 6.47. The van der Waals surface area contributed by atoms with E-state index in [1.807, 2.05) is 0 Å². The van der Waals surface area contributed by atoms with Gasteiger partial charge in [-0.2, -0.15) is 10.4 Å². The number of amides is 1. The summed E-state index contributed by atoms with van der Waals surface area (Å²) in [5.74, 6) is -0.584. The fourth-order valence-electron chi connectivity index (χ4n) is 2.68. The molecular formula is C16H15Cl2N5O2. The second kappa shape index (κ2) is 7.31. The zero-order valence-electron chi connectivity index (χ0n) is 13.1. The Kier molecular flexibility index (Phi) is 5.13. The summed E-state index contributed by atoms with van der Waals surface area (Å²) in [7, 11) is 0. The van der Waals surface area contributed by atoms with E-state index >= 15 is 0 Å².